The zero-order valence-electron chi connectivity index (χ0n) is 16.8. The number of benzene rings is 1. The maximum Gasteiger partial charge on any atom is 0.325 e. The Morgan fingerprint density at radius 1 is 1.28 bits per heavy atom. The predicted octanol–water partition coefficient (Wildman–Crippen LogP) is 2.48. The van der Waals surface area contributed by atoms with Crippen molar-refractivity contribution in [3.8, 4) is 0 Å². The minimum Gasteiger partial charge on any atom is -0.345 e. The van der Waals surface area contributed by atoms with Gasteiger partial charge in [0.05, 0.1) is 10.6 Å². The smallest absolute Gasteiger partial charge is 0.325 e. The molecule has 0 atom stereocenters. The summed E-state index contributed by atoms with van der Waals surface area (Å²) >= 11 is 6.15. The summed E-state index contributed by atoms with van der Waals surface area (Å²) < 4.78 is 0. The quantitative estimate of drug-likeness (QED) is 0.731. The second-order valence-electron chi connectivity index (χ2n) is 8.03. The lowest BCUT2D eigenvalue weighted by Gasteiger charge is -2.33. The largest absolute Gasteiger partial charge is 0.345 e. The van der Waals surface area contributed by atoms with E-state index < -0.39 is 17.5 Å². The number of hydrogen-bond acceptors (Lipinski definition) is 4. The van der Waals surface area contributed by atoms with Gasteiger partial charge in [0, 0.05) is 19.8 Å². The molecule has 1 aliphatic carbocycles. The van der Waals surface area contributed by atoms with E-state index in [1.165, 1.54) is 17.0 Å². The molecule has 1 aliphatic heterocycles. The highest BCUT2D eigenvalue weighted by atomic mass is 35.5. The Morgan fingerprint density at radius 2 is 1.93 bits per heavy atom. The van der Waals surface area contributed by atoms with Gasteiger partial charge in [0.1, 0.15) is 12.1 Å². The van der Waals surface area contributed by atoms with Crippen LogP contribution in [0.2, 0.25) is 5.02 Å². The lowest BCUT2D eigenvalue weighted by molar-refractivity contribution is -0.135. The Hall–Kier alpha value is -2.61. The van der Waals surface area contributed by atoms with Crippen molar-refractivity contribution in [3.05, 3.63) is 28.8 Å². The van der Waals surface area contributed by atoms with Gasteiger partial charge in [0.2, 0.25) is 5.91 Å². The first-order chi connectivity index (χ1) is 13.6. The van der Waals surface area contributed by atoms with Gasteiger partial charge in [-0.15, -0.1) is 0 Å². The summed E-state index contributed by atoms with van der Waals surface area (Å²) in [5.74, 6) is -0.582. The monoisotopic (exact) mass is 420 g/mol. The standard InChI is InChI=1S/C20H25ClN4O4/c1-12-6-8-20(9-7-12)18(28)25(19(29)23-20)11-16(26)22-13-4-5-14(15(21)10-13)17(27)24(2)3/h4-5,10,12H,6-9,11H2,1-3H3,(H,22,26)(H,23,29). The molecule has 2 aliphatic rings. The highest BCUT2D eigenvalue weighted by Gasteiger charge is 2.52. The summed E-state index contributed by atoms with van der Waals surface area (Å²) in [5, 5.41) is 5.62. The van der Waals surface area contributed by atoms with Gasteiger partial charge in [-0.3, -0.25) is 19.3 Å². The van der Waals surface area contributed by atoms with Gasteiger partial charge in [-0.25, -0.2) is 4.79 Å². The molecule has 0 aromatic heterocycles. The summed E-state index contributed by atoms with van der Waals surface area (Å²) in [5.41, 5.74) is -0.178. The van der Waals surface area contributed by atoms with E-state index in [2.05, 4.69) is 17.6 Å². The van der Waals surface area contributed by atoms with Gasteiger partial charge in [-0.1, -0.05) is 18.5 Å². The van der Waals surface area contributed by atoms with Crippen LogP contribution in [0.5, 0.6) is 0 Å². The van der Waals surface area contributed by atoms with Crippen molar-refractivity contribution < 1.29 is 19.2 Å². The van der Waals surface area contributed by atoms with Crippen LogP contribution < -0.4 is 10.6 Å². The van der Waals surface area contributed by atoms with E-state index in [1.54, 1.807) is 20.2 Å². The van der Waals surface area contributed by atoms with E-state index in [4.69, 9.17) is 11.6 Å². The molecule has 2 N–H and O–H groups in total. The zero-order valence-corrected chi connectivity index (χ0v) is 17.5. The van der Waals surface area contributed by atoms with Gasteiger partial charge in [-0.2, -0.15) is 0 Å². The van der Waals surface area contributed by atoms with Crippen molar-refractivity contribution in [2.45, 2.75) is 38.1 Å². The van der Waals surface area contributed by atoms with Crippen LogP contribution in [0.4, 0.5) is 10.5 Å². The Kier molecular flexibility index (Phi) is 5.84. The first kappa shape index (κ1) is 21.1. The lowest BCUT2D eigenvalue weighted by Crippen LogP contribution is -2.49. The molecular weight excluding hydrogens is 396 g/mol. The summed E-state index contributed by atoms with van der Waals surface area (Å²) in [6.07, 6.45) is 2.91. The molecule has 29 heavy (non-hydrogen) atoms. The maximum atomic E-state index is 12.8. The fourth-order valence-corrected chi connectivity index (χ4v) is 4.03. The summed E-state index contributed by atoms with van der Waals surface area (Å²) in [4.78, 5) is 52.0. The molecule has 0 radical (unpaired) electrons. The molecule has 2 fully saturated rings. The van der Waals surface area contributed by atoms with Crippen LogP contribution in [0.25, 0.3) is 0 Å². The number of urea groups is 1. The third kappa shape index (κ3) is 4.22. The van der Waals surface area contributed by atoms with Crippen molar-refractivity contribution in [2.24, 2.45) is 5.92 Å². The van der Waals surface area contributed by atoms with Crippen LogP contribution in [0, 0.1) is 5.92 Å². The van der Waals surface area contributed by atoms with Crippen molar-refractivity contribution in [1.82, 2.24) is 15.1 Å². The van der Waals surface area contributed by atoms with Crippen molar-refractivity contribution in [2.75, 3.05) is 26.0 Å². The third-order valence-electron chi connectivity index (χ3n) is 5.56. The number of carbonyl (C=O) groups is 4. The van der Waals surface area contributed by atoms with Crippen LogP contribution in [-0.4, -0.2) is 59.7 Å². The highest BCUT2D eigenvalue weighted by molar-refractivity contribution is 6.34. The number of nitrogens with zero attached hydrogens (tertiary/aromatic N) is 2. The Morgan fingerprint density at radius 3 is 2.52 bits per heavy atom. The van der Waals surface area contributed by atoms with Crippen LogP contribution in [-0.2, 0) is 9.59 Å². The van der Waals surface area contributed by atoms with Crippen LogP contribution in [0.3, 0.4) is 0 Å². The van der Waals surface area contributed by atoms with Crippen LogP contribution in [0.1, 0.15) is 43.0 Å². The maximum absolute atomic E-state index is 12.8. The summed E-state index contributed by atoms with van der Waals surface area (Å²) in [7, 11) is 3.23. The van der Waals surface area contributed by atoms with Gasteiger partial charge < -0.3 is 15.5 Å². The molecule has 1 saturated carbocycles. The normalized spacial score (nSPS) is 23.9. The molecule has 0 bridgehead atoms. The predicted molar refractivity (Wildman–Crippen MR) is 109 cm³/mol. The fourth-order valence-electron chi connectivity index (χ4n) is 3.76. The molecule has 1 heterocycles. The van der Waals surface area contributed by atoms with Crippen molar-refractivity contribution >= 4 is 41.0 Å². The number of nitrogens with one attached hydrogen (secondary N) is 2. The SMILES string of the molecule is CC1CCC2(CC1)NC(=O)N(CC(=O)Nc1ccc(C(=O)N(C)C)c(Cl)c1)C2=O. The molecule has 8 nitrogen and oxygen atoms in total. The van der Waals surface area contributed by atoms with Gasteiger partial charge in [0.25, 0.3) is 11.8 Å². The number of carbonyl (C=O) groups excluding carboxylic acids is 4. The molecule has 156 valence electrons. The second-order valence-corrected chi connectivity index (χ2v) is 8.44. The number of anilines is 1. The van der Waals surface area contributed by atoms with Gasteiger partial charge in [0.15, 0.2) is 0 Å². The van der Waals surface area contributed by atoms with Crippen LogP contribution in [0.15, 0.2) is 18.2 Å². The number of imide groups is 1. The molecular formula is C20H25ClN4O4. The molecule has 5 amide bonds. The Balaban J connectivity index is 1.65. The summed E-state index contributed by atoms with van der Waals surface area (Å²) in [6.45, 7) is 1.75. The number of amides is 5. The van der Waals surface area contributed by atoms with Crippen molar-refractivity contribution in [1.29, 1.82) is 0 Å². The average Bonchev–Trinajstić information content (AvgIpc) is 2.88. The number of hydrogen-bond donors (Lipinski definition) is 2. The van der Waals surface area contributed by atoms with E-state index >= 15 is 0 Å². The Bertz CT molecular complexity index is 862. The Labute approximate surface area is 174 Å². The minimum absolute atomic E-state index is 0.201. The zero-order chi connectivity index (χ0) is 21.3. The molecule has 1 spiro atoms. The first-order valence-electron chi connectivity index (χ1n) is 9.58. The molecule has 0 unspecified atom stereocenters. The van der Waals surface area contributed by atoms with Crippen LogP contribution >= 0.6 is 11.6 Å². The topological polar surface area (TPSA) is 98.8 Å². The highest BCUT2D eigenvalue weighted by Crippen LogP contribution is 2.36. The second kappa shape index (κ2) is 8.02. The van der Waals surface area contributed by atoms with E-state index in [0.29, 0.717) is 30.0 Å². The van der Waals surface area contributed by atoms with Gasteiger partial charge in [-0.05, 0) is 49.8 Å². The van der Waals surface area contributed by atoms with E-state index in [9.17, 15) is 19.2 Å². The molecule has 3 rings (SSSR count). The van der Waals surface area contributed by atoms with E-state index in [-0.39, 0.29) is 23.4 Å². The minimum atomic E-state index is -0.874. The van der Waals surface area contributed by atoms with Gasteiger partial charge >= 0.3 is 6.03 Å². The average molecular weight is 421 g/mol. The fraction of sp³-hybridized carbons (Fsp3) is 0.500. The molecule has 9 heteroatoms. The molecule has 1 aromatic carbocycles. The summed E-state index contributed by atoms with van der Waals surface area (Å²) in [6, 6.07) is 4.00. The third-order valence-corrected chi connectivity index (χ3v) is 5.88. The van der Waals surface area contributed by atoms with E-state index in [1.807, 2.05) is 0 Å². The lowest BCUT2D eigenvalue weighted by atomic mass is 9.77. The molecule has 1 aromatic rings. The van der Waals surface area contributed by atoms with Crippen molar-refractivity contribution in [3.63, 3.8) is 0 Å². The number of halogens is 1. The van der Waals surface area contributed by atoms with E-state index in [0.717, 1.165) is 17.7 Å². The molecule has 1 saturated heterocycles. The first-order valence-corrected chi connectivity index (χ1v) is 9.96. The number of rotatable bonds is 4.